The van der Waals surface area contributed by atoms with E-state index in [4.69, 9.17) is 12.2 Å². The molecule has 0 fully saturated rings. The number of fused-ring (bicyclic) bond motifs is 3. The SMILES string of the molecule is Cc1cc2c(c3ccccc13)NO[Te]2Cl. The Kier molecular flexibility index (Phi) is 2.30. The number of benzene rings is 2. The van der Waals surface area contributed by atoms with Crippen LogP contribution in [0.1, 0.15) is 5.56 Å². The summed E-state index contributed by atoms with van der Waals surface area (Å²) in [5.41, 5.74) is 5.30. The molecule has 0 saturated heterocycles. The summed E-state index contributed by atoms with van der Waals surface area (Å²) in [4.78, 5) is 0. The molecule has 2 aromatic rings. The maximum absolute atomic E-state index is 6.20. The van der Waals surface area contributed by atoms with Gasteiger partial charge in [-0.1, -0.05) is 0 Å². The third-order valence-electron chi connectivity index (χ3n) is 2.61. The van der Waals surface area contributed by atoms with Crippen molar-refractivity contribution in [1.82, 2.24) is 0 Å². The molecule has 0 aliphatic carbocycles. The van der Waals surface area contributed by atoms with Crippen molar-refractivity contribution in [3.8, 4) is 0 Å². The molecule has 0 bridgehead atoms. The monoisotopic (exact) mass is 336 g/mol. The topological polar surface area (TPSA) is 21.3 Å². The van der Waals surface area contributed by atoms with Gasteiger partial charge >= 0.3 is 99.4 Å². The van der Waals surface area contributed by atoms with Crippen molar-refractivity contribution in [3.05, 3.63) is 35.9 Å². The van der Waals surface area contributed by atoms with Gasteiger partial charge in [0.1, 0.15) is 0 Å². The average molecular weight is 334 g/mol. The fraction of sp³-hybridized carbons (Fsp3) is 0.0909. The van der Waals surface area contributed by atoms with Gasteiger partial charge in [0.05, 0.1) is 0 Å². The maximum atomic E-state index is 6.20. The van der Waals surface area contributed by atoms with E-state index in [9.17, 15) is 0 Å². The Labute approximate surface area is 99.1 Å². The third kappa shape index (κ3) is 1.43. The molecule has 3 rings (SSSR count). The van der Waals surface area contributed by atoms with Crippen LogP contribution >= 0.6 is 8.96 Å². The van der Waals surface area contributed by atoms with Gasteiger partial charge in [0.25, 0.3) is 0 Å². The van der Waals surface area contributed by atoms with E-state index >= 15 is 0 Å². The zero-order valence-corrected chi connectivity index (χ0v) is 11.2. The minimum atomic E-state index is -2.02. The second kappa shape index (κ2) is 3.54. The fourth-order valence-corrected chi connectivity index (χ4v) is 5.27. The number of hydrogen-bond acceptors (Lipinski definition) is 2. The van der Waals surface area contributed by atoms with Crippen LogP contribution in [-0.4, -0.2) is 18.8 Å². The van der Waals surface area contributed by atoms with E-state index in [-0.39, 0.29) is 0 Å². The van der Waals surface area contributed by atoms with Crippen molar-refractivity contribution in [1.29, 1.82) is 0 Å². The first-order chi connectivity index (χ1) is 7.27. The van der Waals surface area contributed by atoms with E-state index in [1.807, 2.05) is 6.07 Å². The molecule has 15 heavy (non-hydrogen) atoms. The molecule has 1 aliphatic heterocycles. The minimum absolute atomic E-state index is 1.07. The molecule has 0 spiro atoms. The molecule has 0 unspecified atom stereocenters. The Bertz CT molecular complexity index is 543. The van der Waals surface area contributed by atoms with E-state index in [1.165, 1.54) is 19.9 Å². The van der Waals surface area contributed by atoms with Crippen molar-refractivity contribution in [2.24, 2.45) is 0 Å². The van der Waals surface area contributed by atoms with Gasteiger partial charge in [-0.15, -0.1) is 0 Å². The van der Waals surface area contributed by atoms with Crippen molar-refractivity contribution in [3.63, 3.8) is 0 Å². The van der Waals surface area contributed by atoms with Crippen LogP contribution in [0.5, 0.6) is 0 Å². The van der Waals surface area contributed by atoms with Gasteiger partial charge in [-0.05, 0) is 0 Å². The summed E-state index contributed by atoms with van der Waals surface area (Å²) in [6.45, 7) is 2.12. The quantitative estimate of drug-likeness (QED) is 0.748. The Morgan fingerprint density at radius 2 is 2.00 bits per heavy atom. The molecular weight excluding hydrogens is 325 g/mol. The average Bonchev–Trinajstić information content (AvgIpc) is 2.62. The molecule has 0 saturated carbocycles. The Balaban J connectivity index is 2.43. The first-order valence-electron chi connectivity index (χ1n) is 4.63. The molecular formula is C11H9ClNOTe. The zero-order chi connectivity index (χ0) is 10.4. The zero-order valence-electron chi connectivity index (χ0n) is 8.08. The van der Waals surface area contributed by atoms with Crippen molar-refractivity contribution >= 4 is 47.9 Å². The summed E-state index contributed by atoms with van der Waals surface area (Å²) in [5.74, 6) is 0. The second-order valence-electron chi connectivity index (χ2n) is 3.52. The number of halogens is 1. The summed E-state index contributed by atoms with van der Waals surface area (Å²) in [6, 6.07) is 10.5. The molecule has 77 valence electrons. The Morgan fingerprint density at radius 1 is 1.27 bits per heavy atom. The third-order valence-corrected chi connectivity index (χ3v) is 6.70. The van der Waals surface area contributed by atoms with Crippen molar-refractivity contribution in [2.45, 2.75) is 6.92 Å². The van der Waals surface area contributed by atoms with Crippen LogP contribution in [0.15, 0.2) is 30.3 Å². The predicted octanol–water partition coefficient (Wildman–Crippen LogP) is 2.44. The Hall–Kier alpha value is -0.460. The molecule has 1 N–H and O–H groups in total. The fourth-order valence-electron chi connectivity index (χ4n) is 1.88. The molecule has 0 aromatic heterocycles. The normalized spacial score (nSPS) is 15.3. The number of rotatable bonds is 0. The van der Waals surface area contributed by atoms with Crippen LogP contribution in [-0.2, 0) is 3.20 Å². The standard InChI is InChI=1S/C11H9ClNOTe/c1-7-6-10-11(13-14-15(10)12)9-5-3-2-4-8(7)9/h2-6,13H,1H3. The van der Waals surface area contributed by atoms with E-state index in [2.05, 4.69) is 36.7 Å². The van der Waals surface area contributed by atoms with Crippen LogP contribution in [0, 0.1) is 6.92 Å². The molecule has 0 amide bonds. The van der Waals surface area contributed by atoms with Crippen LogP contribution in [0.2, 0.25) is 0 Å². The van der Waals surface area contributed by atoms with Crippen LogP contribution in [0.4, 0.5) is 5.69 Å². The van der Waals surface area contributed by atoms with E-state index < -0.39 is 18.8 Å². The van der Waals surface area contributed by atoms with E-state index in [0.717, 1.165) is 5.69 Å². The van der Waals surface area contributed by atoms with Crippen LogP contribution in [0.3, 0.4) is 0 Å². The second-order valence-corrected chi connectivity index (χ2v) is 8.41. The van der Waals surface area contributed by atoms with Crippen LogP contribution < -0.4 is 9.09 Å². The number of anilines is 1. The molecule has 4 heteroatoms. The number of aryl methyl sites for hydroxylation is 1. The first kappa shape index (κ1) is 9.74. The summed E-state index contributed by atoms with van der Waals surface area (Å²) in [7, 11) is 6.20. The number of hydrogen-bond donors (Lipinski definition) is 1. The van der Waals surface area contributed by atoms with Crippen LogP contribution in [0.25, 0.3) is 10.8 Å². The van der Waals surface area contributed by atoms with Gasteiger partial charge in [0, 0.05) is 0 Å². The van der Waals surface area contributed by atoms with Gasteiger partial charge in [0.15, 0.2) is 0 Å². The van der Waals surface area contributed by atoms with Gasteiger partial charge in [-0.2, -0.15) is 0 Å². The van der Waals surface area contributed by atoms with Gasteiger partial charge in [-0.25, -0.2) is 0 Å². The van der Waals surface area contributed by atoms with E-state index in [1.54, 1.807) is 0 Å². The summed E-state index contributed by atoms with van der Waals surface area (Å²) < 4.78 is 6.56. The van der Waals surface area contributed by atoms with E-state index in [0.29, 0.717) is 0 Å². The predicted molar refractivity (Wildman–Crippen MR) is 64.6 cm³/mol. The molecule has 1 radical (unpaired) electrons. The summed E-state index contributed by atoms with van der Waals surface area (Å²) >= 11 is -2.02. The Morgan fingerprint density at radius 3 is 2.80 bits per heavy atom. The molecule has 2 aromatic carbocycles. The van der Waals surface area contributed by atoms with Gasteiger partial charge in [-0.3, -0.25) is 0 Å². The summed E-state index contributed by atoms with van der Waals surface area (Å²) in [5, 5.41) is 2.47. The molecule has 0 atom stereocenters. The molecule has 1 aliphatic rings. The molecule has 2 nitrogen and oxygen atoms in total. The van der Waals surface area contributed by atoms with Crippen molar-refractivity contribution < 1.29 is 3.20 Å². The summed E-state index contributed by atoms with van der Waals surface area (Å²) in [6.07, 6.45) is 0. The number of nitrogens with one attached hydrogen (secondary N) is 1. The first-order valence-corrected chi connectivity index (χ1v) is 9.70. The molecule has 1 heterocycles. The van der Waals surface area contributed by atoms with Crippen molar-refractivity contribution in [2.75, 3.05) is 5.48 Å². The van der Waals surface area contributed by atoms with Gasteiger partial charge < -0.3 is 0 Å². The van der Waals surface area contributed by atoms with Gasteiger partial charge in [0.2, 0.25) is 0 Å².